The van der Waals surface area contributed by atoms with E-state index in [2.05, 4.69) is 10.3 Å². The summed E-state index contributed by atoms with van der Waals surface area (Å²) in [5, 5.41) is 12.2. The average Bonchev–Trinajstić information content (AvgIpc) is 3.21. The summed E-state index contributed by atoms with van der Waals surface area (Å²) in [5.74, 6) is 0.383. The fraction of sp³-hybridized carbons (Fsp3) is 0.294. The minimum atomic E-state index is -0.286. The van der Waals surface area contributed by atoms with Gasteiger partial charge in [0.05, 0.1) is 6.10 Å². The number of halogens is 1. The van der Waals surface area contributed by atoms with Crippen LogP contribution in [0.1, 0.15) is 30.0 Å². The van der Waals surface area contributed by atoms with E-state index in [9.17, 15) is 4.39 Å². The van der Waals surface area contributed by atoms with Crippen LogP contribution in [0.15, 0.2) is 28.7 Å². The lowest BCUT2D eigenvalue weighted by Gasteiger charge is -2.09. The highest BCUT2D eigenvalue weighted by Gasteiger charge is 2.17. The summed E-state index contributed by atoms with van der Waals surface area (Å²) < 4.78 is 23.9. The molecule has 2 aromatic rings. The van der Waals surface area contributed by atoms with Gasteiger partial charge in [-0.1, -0.05) is 12.1 Å². The summed E-state index contributed by atoms with van der Waals surface area (Å²) in [7, 11) is 0. The standard InChI is InChI=1S/C17H16FN3O2/c18-13-6-3-12(4-7-13)5-8-16-21-15(10-19)17(23-16)20-11-14-2-1-9-22-14/h3-8,14,20H,1-2,9,11H2. The number of anilines is 1. The molecule has 0 aliphatic carbocycles. The minimum Gasteiger partial charge on any atom is -0.420 e. The van der Waals surface area contributed by atoms with Crippen LogP contribution in [0.2, 0.25) is 0 Å². The largest absolute Gasteiger partial charge is 0.420 e. The Balaban J connectivity index is 1.68. The highest BCUT2D eigenvalue weighted by molar-refractivity contribution is 5.67. The third kappa shape index (κ3) is 3.96. The summed E-state index contributed by atoms with van der Waals surface area (Å²) in [5.41, 5.74) is 1.03. The van der Waals surface area contributed by atoms with Crippen LogP contribution >= 0.6 is 0 Å². The van der Waals surface area contributed by atoms with Crippen molar-refractivity contribution in [2.75, 3.05) is 18.5 Å². The molecule has 0 amide bonds. The van der Waals surface area contributed by atoms with Gasteiger partial charge in [0.1, 0.15) is 11.9 Å². The molecule has 6 heteroatoms. The van der Waals surface area contributed by atoms with Gasteiger partial charge in [0, 0.05) is 19.2 Å². The van der Waals surface area contributed by atoms with E-state index in [0.29, 0.717) is 18.3 Å². The monoisotopic (exact) mass is 313 g/mol. The molecule has 0 saturated carbocycles. The summed E-state index contributed by atoms with van der Waals surface area (Å²) >= 11 is 0. The van der Waals surface area contributed by atoms with Gasteiger partial charge in [0.2, 0.25) is 17.5 Å². The number of oxazole rings is 1. The number of ether oxygens (including phenoxy) is 1. The molecule has 1 aliphatic rings. The molecule has 23 heavy (non-hydrogen) atoms. The topological polar surface area (TPSA) is 71.1 Å². The molecule has 5 nitrogen and oxygen atoms in total. The van der Waals surface area contributed by atoms with Crippen molar-refractivity contribution < 1.29 is 13.5 Å². The lowest BCUT2D eigenvalue weighted by atomic mass is 10.2. The predicted molar refractivity (Wildman–Crippen MR) is 84.0 cm³/mol. The van der Waals surface area contributed by atoms with Crippen LogP contribution in [0.25, 0.3) is 12.2 Å². The van der Waals surface area contributed by atoms with Gasteiger partial charge in [-0.3, -0.25) is 0 Å². The molecule has 1 atom stereocenters. The number of aromatic nitrogens is 1. The molecule has 1 saturated heterocycles. The van der Waals surface area contributed by atoms with Crippen molar-refractivity contribution in [2.45, 2.75) is 18.9 Å². The zero-order valence-corrected chi connectivity index (χ0v) is 12.5. The number of rotatable bonds is 5. The first-order valence-electron chi connectivity index (χ1n) is 7.44. The number of hydrogen-bond donors (Lipinski definition) is 1. The number of nitrogens with zero attached hydrogens (tertiary/aromatic N) is 2. The van der Waals surface area contributed by atoms with Crippen LogP contribution in [0.3, 0.4) is 0 Å². The van der Waals surface area contributed by atoms with Crippen LogP contribution in [0.4, 0.5) is 10.3 Å². The van der Waals surface area contributed by atoms with Crippen molar-refractivity contribution >= 4 is 18.0 Å². The second-order valence-electron chi connectivity index (χ2n) is 5.24. The molecular formula is C17H16FN3O2. The Labute approximate surface area is 133 Å². The third-order valence-corrected chi connectivity index (χ3v) is 3.55. The van der Waals surface area contributed by atoms with Gasteiger partial charge in [-0.05, 0) is 36.6 Å². The lowest BCUT2D eigenvalue weighted by Crippen LogP contribution is -2.18. The van der Waals surface area contributed by atoms with E-state index < -0.39 is 0 Å². The predicted octanol–water partition coefficient (Wildman–Crippen LogP) is 3.45. The minimum absolute atomic E-state index is 0.143. The van der Waals surface area contributed by atoms with Gasteiger partial charge >= 0.3 is 0 Å². The molecule has 1 unspecified atom stereocenters. The molecule has 1 fully saturated rings. The van der Waals surface area contributed by atoms with E-state index in [-0.39, 0.29) is 17.6 Å². The fourth-order valence-corrected chi connectivity index (χ4v) is 2.36. The molecular weight excluding hydrogens is 297 g/mol. The Morgan fingerprint density at radius 1 is 1.35 bits per heavy atom. The highest BCUT2D eigenvalue weighted by Crippen LogP contribution is 2.20. The SMILES string of the molecule is N#Cc1nc(C=Cc2ccc(F)cc2)oc1NCC1CCCO1. The number of nitriles is 1. The molecule has 0 spiro atoms. The van der Waals surface area contributed by atoms with E-state index in [1.807, 2.05) is 6.07 Å². The van der Waals surface area contributed by atoms with Crippen LogP contribution < -0.4 is 5.32 Å². The molecule has 2 heterocycles. The van der Waals surface area contributed by atoms with Crippen molar-refractivity contribution in [3.8, 4) is 6.07 Å². The van der Waals surface area contributed by atoms with Gasteiger partial charge < -0.3 is 14.5 Å². The molecule has 118 valence electrons. The average molecular weight is 313 g/mol. The zero-order chi connectivity index (χ0) is 16.1. The van der Waals surface area contributed by atoms with Crippen molar-refractivity contribution in [1.82, 2.24) is 4.98 Å². The van der Waals surface area contributed by atoms with Crippen LogP contribution in [0, 0.1) is 17.1 Å². The lowest BCUT2D eigenvalue weighted by molar-refractivity contribution is 0.120. The number of hydrogen-bond acceptors (Lipinski definition) is 5. The molecule has 1 aromatic carbocycles. The number of nitrogens with one attached hydrogen (secondary N) is 1. The Hall–Kier alpha value is -2.65. The van der Waals surface area contributed by atoms with Crippen LogP contribution in [0.5, 0.6) is 0 Å². The van der Waals surface area contributed by atoms with Gasteiger partial charge in [-0.25, -0.2) is 4.39 Å². The summed E-state index contributed by atoms with van der Waals surface area (Å²) in [6.45, 7) is 1.37. The van der Waals surface area contributed by atoms with E-state index in [4.69, 9.17) is 14.4 Å². The van der Waals surface area contributed by atoms with E-state index in [0.717, 1.165) is 25.0 Å². The highest BCUT2D eigenvalue weighted by atomic mass is 19.1. The Morgan fingerprint density at radius 2 is 2.17 bits per heavy atom. The molecule has 1 N–H and O–H groups in total. The summed E-state index contributed by atoms with van der Waals surface area (Å²) in [6.07, 6.45) is 5.59. The first-order chi connectivity index (χ1) is 11.2. The Bertz CT molecular complexity index is 725. The maximum Gasteiger partial charge on any atom is 0.232 e. The van der Waals surface area contributed by atoms with Crippen molar-refractivity contribution in [3.05, 3.63) is 47.2 Å². The molecule has 3 rings (SSSR count). The molecule has 0 radical (unpaired) electrons. The third-order valence-electron chi connectivity index (χ3n) is 3.55. The Kier molecular flexibility index (Phi) is 4.69. The summed E-state index contributed by atoms with van der Waals surface area (Å²) in [4.78, 5) is 4.11. The second-order valence-corrected chi connectivity index (χ2v) is 5.24. The summed E-state index contributed by atoms with van der Waals surface area (Å²) in [6, 6.07) is 8.06. The molecule has 1 aliphatic heterocycles. The second kappa shape index (κ2) is 7.07. The van der Waals surface area contributed by atoms with Crippen molar-refractivity contribution in [2.24, 2.45) is 0 Å². The maximum absolute atomic E-state index is 12.9. The maximum atomic E-state index is 12.9. The normalized spacial score (nSPS) is 17.5. The van der Waals surface area contributed by atoms with Crippen molar-refractivity contribution in [1.29, 1.82) is 5.26 Å². The van der Waals surface area contributed by atoms with Crippen molar-refractivity contribution in [3.63, 3.8) is 0 Å². The Morgan fingerprint density at radius 3 is 2.87 bits per heavy atom. The van der Waals surface area contributed by atoms with E-state index in [1.54, 1.807) is 24.3 Å². The van der Waals surface area contributed by atoms with E-state index >= 15 is 0 Å². The first kappa shape index (κ1) is 15.3. The van der Waals surface area contributed by atoms with Gasteiger partial charge in [0.15, 0.2) is 0 Å². The first-order valence-corrected chi connectivity index (χ1v) is 7.44. The van der Waals surface area contributed by atoms with E-state index in [1.165, 1.54) is 12.1 Å². The zero-order valence-electron chi connectivity index (χ0n) is 12.5. The van der Waals surface area contributed by atoms with Gasteiger partial charge in [0.25, 0.3) is 0 Å². The smallest absolute Gasteiger partial charge is 0.232 e. The van der Waals surface area contributed by atoms with Crippen LogP contribution in [-0.4, -0.2) is 24.2 Å². The molecule has 1 aromatic heterocycles. The quantitative estimate of drug-likeness (QED) is 0.915. The van der Waals surface area contributed by atoms with Gasteiger partial charge in [-0.2, -0.15) is 10.2 Å². The number of benzene rings is 1. The van der Waals surface area contributed by atoms with Crippen LogP contribution in [-0.2, 0) is 4.74 Å². The molecule has 0 bridgehead atoms. The van der Waals surface area contributed by atoms with Gasteiger partial charge in [-0.15, -0.1) is 0 Å². The fourth-order valence-electron chi connectivity index (χ4n) is 2.36.